The van der Waals surface area contributed by atoms with E-state index in [4.69, 9.17) is 4.52 Å². The van der Waals surface area contributed by atoms with Gasteiger partial charge in [0.05, 0.1) is 6.54 Å². The zero-order chi connectivity index (χ0) is 8.97. The average molecular weight is 169 g/mol. The Labute approximate surface area is 70.2 Å². The number of carbonyl (C=O) groups is 1. The highest BCUT2D eigenvalue weighted by molar-refractivity contribution is 5.45. The molecule has 0 atom stereocenters. The van der Waals surface area contributed by atoms with Gasteiger partial charge < -0.3 is 9.84 Å². The summed E-state index contributed by atoms with van der Waals surface area (Å²) in [6, 6.07) is 0. The number of aromatic nitrogens is 2. The molecule has 0 saturated carbocycles. The number of rotatable bonds is 4. The van der Waals surface area contributed by atoms with E-state index >= 15 is 0 Å². The smallest absolute Gasteiger partial charge is 0.229 e. The molecule has 0 saturated heterocycles. The molecule has 66 valence electrons. The van der Waals surface area contributed by atoms with E-state index in [2.05, 4.69) is 15.5 Å². The number of nitrogens with zero attached hydrogens (tertiary/aromatic N) is 2. The number of hydrogen-bond acceptors (Lipinski definition) is 4. The van der Waals surface area contributed by atoms with E-state index in [1.54, 1.807) is 0 Å². The molecule has 5 nitrogen and oxygen atoms in total. The van der Waals surface area contributed by atoms with Crippen molar-refractivity contribution in [3.05, 3.63) is 11.7 Å². The van der Waals surface area contributed by atoms with Crippen LogP contribution in [0.15, 0.2) is 4.52 Å². The molecule has 0 aliphatic carbocycles. The standard InChI is InChI=1S/C7H11N3O2/c1-5(2)7-9-6(10-12-7)3-8-4-11/h4-5H,3H2,1-2H3,(H,8,11). The van der Waals surface area contributed by atoms with E-state index in [1.807, 2.05) is 13.8 Å². The van der Waals surface area contributed by atoms with Crippen molar-refractivity contribution >= 4 is 6.41 Å². The first-order valence-electron chi connectivity index (χ1n) is 3.73. The first-order valence-corrected chi connectivity index (χ1v) is 3.73. The Morgan fingerprint density at radius 3 is 2.92 bits per heavy atom. The van der Waals surface area contributed by atoms with Crippen molar-refractivity contribution in [2.75, 3.05) is 0 Å². The second kappa shape index (κ2) is 3.85. The molecule has 0 aliphatic rings. The molecule has 1 heterocycles. The van der Waals surface area contributed by atoms with E-state index in [9.17, 15) is 4.79 Å². The molecule has 1 rings (SSSR count). The maximum Gasteiger partial charge on any atom is 0.229 e. The van der Waals surface area contributed by atoms with Crippen LogP contribution >= 0.6 is 0 Å². The Morgan fingerprint density at radius 1 is 1.67 bits per heavy atom. The van der Waals surface area contributed by atoms with Crippen LogP contribution in [0.3, 0.4) is 0 Å². The summed E-state index contributed by atoms with van der Waals surface area (Å²) >= 11 is 0. The zero-order valence-electron chi connectivity index (χ0n) is 7.07. The van der Waals surface area contributed by atoms with Gasteiger partial charge in [-0.15, -0.1) is 0 Å². The van der Waals surface area contributed by atoms with Crippen molar-refractivity contribution in [3.63, 3.8) is 0 Å². The third-order valence-corrected chi connectivity index (χ3v) is 1.32. The molecule has 0 spiro atoms. The fourth-order valence-electron chi connectivity index (χ4n) is 0.707. The highest BCUT2D eigenvalue weighted by atomic mass is 16.5. The third kappa shape index (κ3) is 2.05. The molecule has 1 aromatic heterocycles. The van der Waals surface area contributed by atoms with Crippen LogP contribution in [0.2, 0.25) is 0 Å². The van der Waals surface area contributed by atoms with Gasteiger partial charge in [-0.25, -0.2) is 0 Å². The number of carbonyl (C=O) groups excluding carboxylic acids is 1. The molecule has 5 heteroatoms. The maximum atomic E-state index is 9.92. The molecule has 0 aliphatic heterocycles. The van der Waals surface area contributed by atoms with E-state index in [-0.39, 0.29) is 5.92 Å². The van der Waals surface area contributed by atoms with Crippen LogP contribution in [0.25, 0.3) is 0 Å². The number of nitrogens with one attached hydrogen (secondary N) is 1. The van der Waals surface area contributed by atoms with Crippen molar-refractivity contribution in [1.82, 2.24) is 15.5 Å². The van der Waals surface area contributed by atoms with Crippen LogP contribution in [-0.4, -0.2) is 16.6 Å². The van der Waals surface area contributed by atoms with Crippen LogP contribution in [0.4, 0.5) is 0 Å². The first kappa shape index (κ1) is 8.70. The lowest BCUT2D eigenvalue weighted by Gasteiger charge is -1.92. The van der Waals surface area contributed by atoms with Gasteiger partial charge in [0.25, 0.3) is 0 Å². The fourth-order valence-corrected chi connectivity index (χ4v) is 0.707. The van der Waals surface area contributed by atoms with Crippen molar-refractivity contribution in [3.8, 4) is 0 Å². The van der Waals surface area contributed by atoms with Crippen LogP contribution in [0.5, 0.6) is 0 Å². The van der Waals surface area contributed by atoms with Gasteiger partial charge in [0, 0.05) is 5.92 Å². The van der Waals surface area contributed by atoms with E-state index in [0.717, 1.165) is 0 Å². The highest BCUT2D eigenvalue weighted by Crippen LogP contribution is 2.10. The summed E-state index contributed by atoms with van der Waals surface area (Å²) in [6.45, 7) is 4.24. The molecule has 1 amide bonds. The van der Waals surface area contributed by atoms with Crippen LogP contribution in [0.1, 0.15) is 31.5 Å². The molecule has 1 aromatic rings. The van der Waals surface area contributed by atoms with E-state index in [0.29, 0.717) is 24.7 Å². The Morgan fingerprint density at radius 2 is 2.42 bits per heavy atom. The van der Waals surface area contributed by atoms with Crippen LogP contribution in [0, 0.1) is 0 Å². The Bertz CT molecular complexity index is 257. The number of hydrogen-bond donors (Lipinski definition) is 1. The second-order valence-electron chi connectivity index (χ2n) is 2.70. The summed E-state index contributed by atoms with van der Waals surface area (Å²) in [4.78, 5) is 14.0. The lowest BCUT2D eigenvalue weighted by atomic mass is 10.2. The van der Waals surface area contributed by atoms with Gasteiger partial charge in [0.1, 0.15) is 0 Å². The minimum Gasteiger partial charge on any atom is -0.351 e. The second-order valence-corrected chi connectivity index (χ2v) is 2.70. The Balaban J connectivity index is 2.58. The molecule has 12 heavy (non-hydrogen) atoms. The van der Waals surface area contributed by atoms with Gasteiger partial charge >= 0.3 is 0 Å². The zero-order valence-corrected chi connectivity index (χ0v) is 7.07. The normalized spacial score (nSPS) is 10.2. The van der Waals surface area contributed by atoms with Gasteiger partial charge in [-0.1, -0.05) is 19.0 Å². The topological polar surface area (TPSA) is 68.0 Å². The summed E-state index contributed by atoms with van der Waals surface area (Å²) in [5.74, 6) is 1.32. The minimum atomic E-state index is 0.225. The van der Waals surface area contributed by atoms with Crippen molar-refractivity contribution in [2.45, 2.75) is 26.3 Å². The first-order chi connectivity index (χ1) is 5.74. The van der Waals surface area contributed by atoms with Crippen LogP contribution in [-0.2, 0) is 11.3 Å². The van der Waals surface area contributed by atoms with Gasteiger partial charge in [0.2, 0.25) is 12.3 Å². The summed E-state index contributed by atoms with van der Waals surface area (Å²) in [7, 11) is 0. The fraction of sp³-hybridized carbons (Fsp3) is 0.571. The predicted molar refractivity (Wildman–Crippen MR) is 41.3 cm³/mol. The Kier molecular flexibility index (Phi) is 2.79. The quantitative estimate of drug-likeness (QED) is 0.664. The monoisotopic (exact) mass is 169 g/mol. The van der Waals surface area contributed by atoms with Crippen molar-refractivity contribution in [2.24, 2.45) is 0 Å². The van der Waals surface area contributed by atoms with Crippen molar-refractivity contribution in [1.29, 1.82) is 0 Å². The summed E-state index contributed by atoms with van der Waals surface area (Å²) in [5.41, 5.74) is 0. The molecule has 0 fully saturated rings. The lowest BCUT2D eigenvalue weighted by molar-refractivity contribution is -0.109. The third-order valence-electron chi connectivity index (χ3n) is 1.32. The predicted octanol–water partition coefficient (Wildman–Crippen LogP) is 0.439. The SMILES string of the molecule is CC(C)c1nc(CNC=O)no1. The summed E-state index contributed by atoms with van der Waals surface area (Å²) in [5, 5.41) is 6.12. The summed E-state index contributed by atoms with van der Waals surface area (Å²) < 4.78 is 4.91. The molecule has 1 N–H and O–H groups in total. The molecule has 0 radical (unpaired) electrons. The largest absolute Gasteiger partial charge is 0.351 e. The van der Waals surface area contributed by atoms with Gasteiger partial charge in [-0.05, 0) is 0 Å². The molecule has 0 unspecified atom stereocenters. The van der Waals surface area contributed by atoms with E-state index in [1.165, 1.54) is 0 Å². The van der Waals surface area contributed by atoms with E-state index < -0.39 is 0 Å². The lowest BCUT2D eigenvalue weighted by Crippen LogP contribution is -2.10. The van der Waals surface area contributed by atoms with Crippen molar-refractivity contribution < 1.29 is 9.32 Å². The van der Waals surface area contributed by atoms with Gasteiger partial charge in [0.15, 0.2) is 5.82 Å². The molecular formula is C7H11N3O2. The molecule has 0 aromatic carbocycles. The average Bonchev–Trinajstić information content (AvgIpc) is 2.48. The Hall–Kier alpha value is -1.39. The molecule has 0 bridgehead atoms. The number of amides is 1. The minimum absolute atomic E-state index is 0.225. The van der Waals surface area contributed by atoms with Gasteiger partial charge in [-0.3, -0.25) is 4.79 Å². The highest BCUT2D eigenvalue weighted by Gasteiger charge is 2.08. The van der Waals surface area contributed by atoms with Gasteiger partial charge in [-0.2, -0.15) is 4.98 Å². The summed E-state index contributed by atoms with van der Waals surface area (Å²) in [6.07, 6.45) is 0.603. The molecular weight excluding hydrogens is 158 g/mol. The van der Waals surface area contributed by atoms with Crippen LogP contribution < -0.4 is 5.32 Å². The maximum absolute atomic E-state index is 9.92.